The highest BCUT2D eigenvalue weighted by atomic mass is 16.3. The van der Waals surface area contributed by atoms with Gasteiger partial charge in [-0.15, -0.1) is 0 Å². The van der Waals surface area contributed by atoms with Crippen LogP contribution in [0.25, 0.3) is 0 Å². The Hall–Kier alpha value is -1.43. The Kier molecular flexibility index (Phi) is 13.0. The van der Waals surface area contributed by atoms with Crippen molar-refractivity contribution in [1.29, 1.82) is 0 Å². The zero-order chi connectivity index (χ0) is 19.2. The number of nitrogens with zero attached hydrogens (tertiary/aromatic N) is 1. The number of aryl methyl sites for hydroxylation is 1. The van der Waals surface area contributed by atoms with Crippen molar-refractivity contribution < 1.29 is 9.90 Å². The largest absolute Gasteiger partial charge is 0.396 e. The Morgan fingerprint density at radius 2 is 2.00 bits per heavy atom. The number of nitrogens with one attached hydrogen (secondary N) is 1. The summed E-state index contributed by atoms with van der Waals surface area (Å²) in [7, 11) is 0. The topological polar surface area (TPSA) is 78.6 Å². The molecule has 0 heterocycles. The Bertz CT molecular complexity index is 492. The van der Waals surface area contributed by atoms with E-state index in [2.05, 4.69) is 23.2 Å². The second kappa shape index (κ2) is 13.8. The molecule has 0 spiro atoms. The zero-order valence-corrected chi connectivity index (χ0v) is 16.6. The van der Waals surface area contributed by atoms with Crippen LogP contribution in [0.1, 0.15) is 62.0 Å². The first kappa shape index (κ1) is 23.6. The van der Waals surface area contributed by atoms with Gasteiger partial charge in [0.15, 0.2) is 0 Å². The van der Waals surface area contributed by atoms with Crippen LogP contribution in [0.15, 0.2) is 18.2 Å². The fraction of sp³-hybridized carbons (Fsp3) is 0.650. The fourth-order valence-electron chi connectivity index (χ4n) is 2.60. The van der Waals surface area contributed by atoms with Crippen molar-refractivity contribution in [2.24, 2.45) is 5.73 Å². The summed E-state index contributed by atoms with van der Waals surface area (Å²) in [4.78, 5) is 14.8. The standard InChI is InChI=1S/C18H31N3O2.C2H6/c1-4-16(8-11-22)20-18(23)17-12-15(7-6-14(17)3)13-21(5-2)10-9-19;1-2/h6-7,12,16,22H,4-5,8-11,13,19H2,1-3H3,(H,20,23);1-2H3. The first-order chi connectivity index (χ1) is 12.0. The summed E-state index contributed by atoms with van der Waals surface area (Å²) in [6.45, 7) is 13.4. The van der Waals surface area contributed by atoms with Gasteiger partial charge < -0.3 is 16.2 Å². The Morgan fingerprint density at radius 3 is 2.52 bits per heavy atom. The third-order valence-electron chi connectivity index (χ3n) is 4.15. The van der Waals surface area contributed by atoms with Crippen molar-refractivity contribution in [3.63, 3.8) is 0 Å². The van der Waals surface area contributed by atoms with Gasteiger partial charge in [-0.3, -0.25) is 9.69 Å². The lowest BCUT2D eigenvalue weighted by Gasteiger charge is -2.21. The first-order valence-electron chi connectivity index (χ1n) is 9.49. The maximum atomic E-state index is 12.5. The summed E-state index contributed by atoms with van der Waals surface area (Å²) in [5, 5.41) is 12.1. The molecule has 5 heteroatoms. The predicted octanol–water partition coefficient (Wildman–Crippen LogP) is 2.69. The van der Waals surface area contributed by atoms with Crippen LogP contribution in [-0.4, -0.2) is 48.2 Å². The first-order valence-corrected chi connectivity index (χ1v) is 9.49. The molecule has 5 nitrogen and oxygen atoms in total. The van der Waals surface area contributed by atoms with Crippen molar-refractivity contribution >= 4 is 5.91 Å². The number of rotatable bonds is 10. The number of likely N-dealkylation sites (N-methyl/N-ethyl adjacent to an activating group) is 1. The summed E-state index contributed by atoms with van der Waals surface area (Å²) in [6, 6.07) is 6.04. The van der Waals surface area contributed by atoms with Gasteiger partial charge in [0.25, 0.3) is 5.91 Å². The van der Waals surface area contributed by atoms with E-state index in [9.17, 15) is 4.79 Å². The number of hydrogen-bond donors (Lipinski definition) is 3. The third kappa shape index (κ3) is 8.47. The molecule has 0 saturated carbocycles. The molecule has 144 valence electrons. The number of carbonyl (C=O) groups is 1. The van der Waals surface area contributed by atoms with E-state index < -0.39 is 0 Å². The number of nitrogens with two attached hydrogens (primary N) is 1. The molecule has 1 amide bonds. The van der Waals surface area contributed by atoms with Crippen LogP contribution in [0.2, 0.25) is 0 Å². The van der Waals surface area contributed by atoms with Crippen LogP contribution >= 0.6 is 0 Å². The molecule has 25 heavy (non-hydrogen) atoms. The van der Waals surface area contributed by atoms with Gasteiger partial charge in [0.2, 0.25) is 0 Å². The predicted molar refractivity (Wildman–Crippen MR) is 106 cm³/mol. The Labute approximate surface area is 153 Å². The molecular weight excluding hydrogens is 314 g/mol. The van der Waals surface area contributed by atoms with E-state index in [-0.39, 0.29) is 18.6 Å². The van der Waals surface area contributed by atoms with Crippen LogP contribution in [0.4, 0.5) is 0 Å². The molecule has 0 bridgehead atoms. The second-order valence-electron chi connectivity index (χ2n) is 5.90. The smallest absolute Gasteiger partial charge is 0.251 e. The maximum absolute atomic E-state index is 12.5. The van der Waals surface area contributed by atoms with Crippen LogP contribution in [0, 0.1) is 6.92 Å². The number of benzene rings is 1. The van der Waals surface area contributed by atoms with Crippen molar-refractivity contribution in [3.05, 3.63) is 34.9 Å². The molecule has 1 atom stereocenters. The molecule has 0 fully saturated rings. The van der Waals surface area contributed by atoms with E-state index in [1.165, 1.54) is 0 Å². The van der Waals surface area contributed by atoms with Gasteiger partial charge in [-0.1, -0.05) is 39.8 Å². The summed E-state index contributed by atoms with van der Waals surface area (Å²) < 4.78 is 0. The SMILES string of the molecule is CC.CCC(CCO)NC(=O)c1cc(CN(CC)CCN)ccc1C. The second-order valence-corrected chi connectivity index (χ2v) is 5.90. The third-order valence-corrected chi connectivity index (χ3v) is 4.15. The molecule has 0 aromatic heterocycles. The average Bonchev–Trinajstić information content (AvgIpc) is 2.63. The van der Waals surface area contributed by atoms with Crippen LogP contribution in [0.5, 0.6) is 0 Å². The molecule has 4 N–H and O–H groups in total. The van der Waals surface area contributed by atoms with Crippen molar-refractivity contribution in [2.45, 2.75) is 60.0 Å². The molecule has 0 aliphatic heterocycles. The number of aliphatic hydroxyl groups is 1. The Balaban J connectivity index is 0.00000277. The number of carbonyl (C=O) groups excluding carboxylic acids is 1. The van der Waals surface area contributed by atoms with Gasteiger partial charge in [0, 0.05) is 37.8 Å². The quantitative estimate of drug-likeness (QED) is 0.605. The summed E-state index contributed by atoms with van der Waals surface area (Å²) >= 11 is 0. The normalized spacial score (nSPS) is 11.7. The molecule has 0 saturated heterocycles. The zero-order valence-electron chi connectivity index (χ0n) is 16.6. The van der Waals surface area contributed by atoms with Crippen molar-refractivity contribution in [1.82, 2.24) is 10.2 Å². The van der Waals surface area contributed by atoms with E-state index >= 15 is 0 Å². The molecule has 1 aromatic carbocycles. The summed E-state index contributed by atoms with van der Waals surface area (Å²) in [5.74, 6) is -0.0634. The minimum atomic E-state index is -0.0634. The van der Waals surface area contributed by atoms with Gasteiger partial charge >= 0.3 is 0 Å². The summed E-state index contributed by atoms with van der Waals surface area (Å²) in [5.41, 5.74) is 8.43. The van der Waals surface area contributed by atoms with E-state index in [0.717, 1.165) is 37.2 Å². The van der Waals surface area contributed by atoms with E-state index in [0.29, 0.717) is 18.5 Å². The number of aliphatic hydroxyl groups excluding tert-OH is 1. The van der Waals surface area contributed by atoms with E-state index in [1.807, 2.05) is 39.8 Å². The Morgan fingerprint density at radius 1 is 1.32 bits per heavy atom. The monoisotopic (exact) mass is 351 g/mol. The van der Waals surface area contributed by atoms with E-state index in [4.69, 9.17) is 10.8 Å². The molecule has 1 rings (SSSR count). The van der Waals surface area contributed by atoms with Gasteiger partial charge in [-0.05, 0) is 43.5 Å². The van der Waals surface area contributed by atoms with Gasteiger partial charge in [-0.2, -0.15) is 0 Å². The minimum Gasteiger partial charge on any atom is -0.396 e. The summed E-state index contributed by atoms with van der Waals surface area (Å²) in [6.07, 6.45) is 1.40. The van der Waals surface area contributed by atoms with Gasteiger partial charge in [0.05, 0.1) is 0 Å². The minimum absolute atomic E-state index is 0.0138. The number of hydrogen-bond acceptors (Lipinski definition) is 4. The van der Waals surface area contributed by atoms with Crippen LogP contribution in [0.3, 0.4) is 0 Å². The van der Waals surface area contributed by atoms with Crippen LogP contribution < -0.4 is 11.1 Å². The maximum Gasteiger partial charge on any atom is 0.251 e. The van der Waals surface area contributed by atoms with Gasteiger partial charge in [-0.25, -0.2) is 0 Å². The van der Waals surface area contributed by atoms with Crippen molar-refractivity contribution in [2.75, 3.05) is 26.2 Å². The average molecular weight is 352 g/mol. The molecule has 0 aliphatic carbocycles. The van der Waals surface area contributed by atoms with E-state index in [1.54, 1.807) is 0 Å². The highest BCUT2D eigenvalue weighted by Gasteiger charge is 2.15. The highest BCUT2D eigenvalue weighted by molar-refractivity contribution is 5.96. The lowest BCUT2D eigenvalue weighted by Crippen LogP contribution is -2.35. The lowest BCUT2D eigenvalue weighted by atomic mass is 10.0. The van der Waals surface area contributed by atoms with Crippen LogP contribution in [-0.2, 0) is 6.54 Å². The molecule has 1 aromatic rings. The fourth-order valence-corrected chi connectivity index (χ4v) is 2.60. The highest BCUT2D eigenvalue weighted by Crippen LogP contribution is 2.14. The van der Waals surface area contributed by atoms with Gasteiger partial charge in [0.1, 0.15) is 0 Å². The molecule has 0 radical (unpaired) electrons. The molecule has 0 aliphatic rings. The molecule has 1 unspecified atom stereocenters. The number of amides is 1. The lowest BCUT2D eigenvalue weighted by molar-refractivity contribution is 0.0928. The van der Waals surface area contributed by atoms with Crippen molar-refractivity contribution in [3.8, 4) is 0 Å². The molecular formula is C20H37N3O2.